The number of nitrogen functional groups attached to an aromatic ring is 1. The van der Waals surface area contributed by atoms with Crippen molar-refractivity contribution in [1.82, 2.24) is 14.9 Å². The Balaban J connectivity index is 0.00000126. The zero-order chi connectivity index (χ0) is 23.7. The summed E-state index contributed by atoms with van der Waals surface area (Å²) in [6.07, 6.45) is 1.84. The molecule has 3 aromatic rings. The van der Waals surface area contributed by atoms with Crippen molar-refractivity contribution in [3.05, 3.63) is 45.2 Å². The Kier molecular flexibility index (Phi) is 6.97. The second-order valence-corrected chi connectivity index (χ2v) is 8.64. The predicted molar refractivity (Wildman–Crippen MR) is 130 cm³/mol. The van der Waals surface area contributed by atoms with Gasteiger partial charge in [0.2, 0.25) is 0 Å². The number of nitrogens with zero attached hydrogens (tertiary/aromatic N) is 4. The molecule has 5 rings (SSSR count). The van der Waals surface area contributed by atoms with Crippen LogP contribution in [0.4, 0.5) is 11.7 Å². The molecule has 0 radical (unpaired) electrons. The average Bonchev–Trinajstić information content (AvgIpc) is 3.22. The molecule has 1 atom stereocenters. The summed E-state index contributed by atoms with van der Waals surface area (Å²) < 4.78 is 11.5. The van der Waals surface area contributed by atoms with Gasteiger partial charge in [-0.1, -0.05) is 37.0 Å². The maximum absolute atomic E-state index is 13.3. The molecule has 2 aromatic heterocycles. The normalized spacial score (nSPS) is 18.0. The van der Waals surface area contributed by atoms with Crippen LogP contribution in [0, 0.1) is 6.92 Å². The van der Waals surface area contributed by atoms with Crippen molar-refractivity contribution in [2.24, 2.45) is 0 Å². The smallest absolute Gasteiger partial charge is 0.293 e. The van der Waals surface area contributed by atoms with Crippen LogP contribution in [0.1, 0.15) is 30.7 Å². The lowest BCUT2D eigenvalue weighted by molar-refractivity contribution is -0.145. The van der Waals surface area contributed by atoms with Gasteiger partial charge in [0.15, 0.2) is 11.7 Å². The molecular weight excluding hydrogens is 465 g/mol. The number of carbonyl (C=O) groups excluding carboxylic acids is 1. The Bertz CT molecular complexity index is 1180. The van der Waals surface area contributed by atoms with E-state index < -0.39 is 6.10 Å². The number of ether oxygens (including phenoxy) is 1. The molecule has 2 aliphatic heterocycles. The van der Waals surface area contributed by atoms with Crippen molar-refractivity contribution in [1.29, 1.82) is 0 Å². The highest BCUT2D eigenvalue weighted by molar-refractivity contribution is 6.35. The second-order valence-electron chi connectivity index (χ2n) is 7.80. The number of fused-ring (bicyclic) bond motifs is 2. The summed E-state index contributed by atoms with van der Waals surface area (Å²) in [7, 11) is 0. The van der Waals surface area contributed by atoms with E-state index in [-0.39, 0.29) is 11.9 Å². The summed E-state index contributed by atoms with van der Waals surface area (Å²) in [5.41, 5.74) is 10.5. The van der Waals surface area contributed by atoms with Crippen LogP contribution in [0.2, 0.25) is 10.0 Å². The zero-order valence-electron chi connectivity index (χ0n) is 18.9. The van der Waals surface area contributed by atoms with E-state index in [0.29, 0.717) is 60.4 Å². The van der Waals surface area contributed by atoms with Gasteiger partial charge in [0, 0.05) is 29.7 Å². The van der Waals surface area contributed by atoms with Crippen LogP contribution in [-0.4, -0.2) is 53.1 Å². The number of hydrogen-bond acceptors (Lipinski definition) is 7. The summed E-state index contributed by atoms with van der Waals surface area (Å²) in [5, 5.41) is 1.20. The molecule has 176 valence electrons. The highest BCUT2D eigenvalue weighted by Crippen LogP contribution is 2.32. The lowest BCUT2D eigenvalue weighted by Gasteiger charge is -2.37. The number of aryl methyl sites for hydroxylation is 1. The van der Waals surface area contributed by atoms with Gasteiger partial charge >= 0.3 is 0 Å². The third-order valence-electron chi connectivity index (χ3n) is 5.85. The largest absolute Gasteiger partial charge is 0.421 e. The number of aromatic nitrogens is 2. The van der Waals surface area contributed by atoms with Crippen LogP contribution >= 0.6 is 23.2 Å². The standard InChI is InChI=1S/C21H21Cl2N5O3.C2H6/c1-11-18-19(31-21(24)26-18)16(8-25-11)27-4-5-30-17(10-27)20(29)28-3-2-12-6-13(22)7-15(23)14(12)9-28;1-2/h6-8,17H,2-5,9-10H2,1H3,(H2,24,26);1-2H3. The average molecular weight is 492 g/mol. The molecular formula is C23H27Cl2N5O3. The van der Waals surface area contributed by atoms with Gasteiger partial charge in [-0.15, -0.1) is 0 Å². The number of hydrogen-bond donors (Lipinski definition) is 1. The molecule has 8 nitrogen and oxygen atoms in total. The van der Waals surface area contributed by atoms with Gasteiger partial charge in [-0.3, -0.25) is 9.78 Å². The third kappa shape index (κ3) is 4.60. The molecule has 10 heteroatoms. The molecule has 2 aliphatic rings. The molecule has 0 bridgehead atoms. The van der Waals surface area contributed by atoms with Crippen LogP contribution in [0.5, 0.6) is 0 Å². The molecule has 4 heterocycles. The minimum absolute atomic E-state index is 0.0604. The summed E-state index contributed by atoms with van der Waals surface area (Å²) >= 11 is 12.5. The third-order valence-corrected chi connectivity index (χ3v) is 6.40. The van der Waals surface area contributed by atoms with Crippen LogP contribution in [0.3, 0.4) is 0 Å². The summed E-state index contributed by atoms with van der Waals surface area (Å²) in [6.45, 7) is 8.30. The molecule has 33 heavy (non-hydrogen) atoms. The van der Waals surface area contributed by atoms with Gasteiger partial charge < -0.3 is 24.7 Å². The minimum Gasteiger partial charge on any atom is -0.421 e. The van der Waals surface area contributed by atoms with Crippen molar-refractivity contribution in [2.45, 2.75) is 39.8 Å². The quantitative estimate of drug-likeness (QED) is 0.572. The number of amides is 1. The van der Waals surface area contributed by atoms with E-state index in [9.17, 15) is 4.79 Å². The van der Waals surface area contributed by atoms with Crippen molar-refractivity contribution in [2.75, 3.05) is 36.9 Å². The Morgan fingerprint density at radius 3 is 2.82 bits per heavy atom. The monoisotopic (exact) mass is 491 g/mol. The van der Waals surface area contributed by atoms with Crippen LogP contribution in [-0.2, 0) is 22.5 Å². The number of rotatable bonds is 2. The summed E-state index contributed by atoms with van der Waals surface area (Å²) in [4.78, 5) is 25.7. The van der Waals surface area contributed by atoms with Crippen molar-refractivity contribution in [3.8, 4) is 0 Å². The lowest BCUT2D eigenvalue weighted by Crippen LogP contribution is -2.52. The molecule has 1 amide bonds. The topological polar surface area (TPSA) is 97.7 Å². The van der Waals surface area contributed by atoms with Crippen LogP contribution in [0.15, 0.2) is 22.7 Å². The molecule has 0 aliphatic carbocycles. The van der Waals surface area contributed by atoms with E-state index in [0.717, 1.165) is 22.5 Å². The van der Waals surface area contributed by atoms with Crippen molar-refractivity contribution < 1.29 is 13.9 Å². The fraction of sp³-hybridized carbons (Fsp3) is 0.435. The Labute approximate surface area is 202 Å². The van der Waals surface area contributed by atoms with E-state index in [2.05, 4.69) is 9.97 Å². The Morgan fingerprint density at radius 2 is 2.03 bits per heavy atom. The van der Waals surface area contributed by atoms with E-state index in [1.807, 2.05) is 31.7 Å². The van der Waals surface area contributed by atoms with Crippen LogP contribution in [0.25, 0.3) is 11.1 Å². The van der Waals surface area contributed by atoms with Crippen LogP contribution < -0.4 is 10.6 Å². The summed E-state index contributed by atoms with van der Waals surface area (Å²) in [5.74, 6) is -0.0604. The molecule has 0 saturated carbocycles. The molecule has 2 N–H and O–H groups in total. The maximum Gasteiger partial charge on any atom is 0.293 e. The predicted octanol–water partition coefficient (Wildman–Crippen LogP) is 4.24. The summed E-state index contributed by atoms with van der Waals surface area (Å²) in [6, 6.07) is 3.73. The second kappa shape index (κ2) is 9.75. The number of benzene rings is 1. The van der Waals surface area contributed by atoms with Gasteiger partial charge in [0.25, 0.3) is 11.9 Å². The van der Waals surface area contributed by atoms with Gasteiger partial charge in [-0.2, -0.15) is 4.98 Å². The van der Waals surface area contributed by atoms with Gasteiger partial charge in [-0.25, -0.2) is 0 Å². The first-order chi connectivity index (χ1) is 15.9. The van der Waals surface area contributed by atoms with E-state index in [4.69, 9.17) is 38.1 Å². The molecule has 1 aromatic carbocycles. The number of pyridine rings is 1. The lowest BCUT2D eigenvalue weighted by atomic mass is 9.99. The van der Waals surface area contributed by atoms with E-state index >= 15 is 0 Å². The van der Waals surface area contributed by atoms with E-state index in [1.165, 1.54) is 0 Å². The van der Waals surface area contributed by atoms with Gasteiger partial charge in [0.1, 0.15) is 11.2 Å². The highest BCUT2D eigenvalue weighted by Gasteiger charge is 2.33. The van der Waals surface area contributed by atoms with Crippen molar-refractivity contribution in [3.63, 3.8) is 0 Å². The molecule has 1 saturated heterocycles. The first-order valence-electron chi connectivity index (χ1n) is 11.0. The van der Waals surface area contributed by atoms with E-state index in [1.54, 1.807) is 17.2 Å². The molecule has 1 unspecified atom stereocenters. The van der Waals surface area contributed by atoms with Gasteiger partial charge in [0.05, 0.1) is 25.0 Å². The first-order valence-corrected chi connectivity index (χ1v) is 11.8. The minimum atomic E-state index is -0.599. The SMILES string of the molecule is CC.Cc1ncc(N2CCOC(C(=O)N3CCc4cc(Cl)cc(Cl)c4C3)C2)c2oc(N)nc12. The number of halogens is 2. The number of nitrogens with two attached hydrogens (primary N) is 1. The zero-order valence-corrected chi connectivity index (χ0v) is 20.4. The van der Waals surface area contributed by atoms with Crippen molar-refractivity contribution >= 4 is 51.9 Å². The highest BCUT2D eigenvalue weighted by atomic mass is 35.5. The molecule has 1 fully saturated rings. The number of anilines is 2. The first kappa shape index (κ1) is 23.6. The number of carbonyl (C=O) groups is 1. The number of morpholine rings is 1. The fourth-order valence-electron chi connectivity index (χ4n) is 4.25. The Hall–Kier alpha value is -2.55. The molecule has 0 spiro atoms. The maximum atomic E-state index is 13.3. The Morgan fingerprint density at radius 1 is 1.24 bits per heavy atom. The van der Waals surface area contributed by atoms with Gasteiger partial charge in [-0.05, 0) is 36.6 Å². The fourth-order valence-corrected chi connectivity index (χ4v) is 4.85. The number of oxazole rings is 1.